The largest absolute Gasteiger partial charge is 0.494 e. The lowest BCUT2D eigenvalue weighted by Gasteiger charge is -2.21. The van der Waals surface area contributed by atoms with Crippen LogP contribution in [0.25, 0.3) is 0 Å². The highest BCUT2D eigenvalue weighted by Gasteiger charge is 2.23. The Balaban J connectivity index is 2.04. The van der Waals surface area contributed by atoms with Crippen molar-refractivity contribution in [2.24, 2.45) is 0 Å². The molecule has 2 rings (SSSR count). The third kappa shape index (κ3) is 5.29. The van der Waals surface area contributed by atoms with Gasteiger partial charge < -0.3 is 9.84 Å². The number of likely N-dealkylation sites (N-methyl/N-ethyl adjacent to an activating group) is 1. The van der Waals surface area contributed by atoms with Crippen molar-refractivity contribution in [3.8, 4) is 5.75 Å². The molecule has 1 atom stereocenters. The molecule has 0 aliphatic heterocycles. The van der Waals surface area contributed by atoms with E-state index < -0.39 is 16.1 Å². The van der Waals surface area contributed by atoms with Crippen LogP contribution in [0.15, 0.2) is 59.5 Å². The number of unbranched alkanes of at least 4 members (excludes halogenated alkanes) is 1. The van der Waals surface area contributed by atoms with E-state index in [1.807, 2.05) is 18.2 Å². The minimum Gasteiger partial charge on any atom is -0.494 e. The third-order valence-corrected chi connectivity index (χ3v) is 5.75. The van der Waals surface area contributed by atoms with E-state index in [2.05, 4.69) is 6.92 Å². The van der Waals surface area contributed by atoms with Gasteiger partial charge in [-0.2, -0.15) is 4.31 Å². The van der Waals surface area contributed by atoms with E-state index in [1.54, 1.807) is 24.3 Å². The summed E-state index contributed by atoms with van der Waals surface area (Å²) in [5, 5.41) is 10.2. The van der Waals surface area contributed by atoms with Crippen LogP contribution < -0.4 is 4.74 Å². The predicted molar refractivity (Wildman–Crippen MR) is 98.1 cm³/mol. The van der Waals surface area contributed by atoms with E-state index in [9.17, 15) is 13.5 Å². The predicted octanol–water partition coefficient (Wildman–Crippen LogP) is 3.22. The first-order valence-electron chi connectivity index (χ1n) is 8.37. The number of benzene rings is 2. The lowest BCUT2D eigenvalue weighted by atomic mass is 10.1. The number of hydrogen-bond acceptors (Lipinski definition) is 4. The zero-order valence-electron chi connectivity index (χ0n) is 14.6. The van der Waals surface area contributed by atoms with Crippen LogP contribution in [-0.2, 0) is 10.0 Å². The second-order valence-electron chi connectivity index (χ2n) is 5.89. The van der Waals surface area contributed by atoms with Crippen LogP contribution in [0.3, 0.4) is 0 Å². The summed E-state index contributed by atoms with van der Waals surface area (Å²) >= 11 is 0. The molecule has 5 nitrogen and oxygen atoms in total. The lowest BCUT2D eigenvalue weighted by molar-refractivity contribution is 0.155. The number of sulfonamides is 1. The molecular weight excluding hydrogens is 338 g/mol. The molecule has 0 radical (unpaired) electrons. The van der Waals surface area contributed by atoms with Gasteiger partial charge in [0.25, 0.3) is 0 Å². The minimum absolute atomic E-state index is 0.0128. The summed E-state index contributed by atoms with van der Waals surface area (Å²) in [7, 11) is -2.20. The van der Waals surface area contributed by atoms with Gasteiger partial charge in [-0.05, 0) is 36.2 Å². The van der Waals surface area contributed by atoms with Gasteiger partial charge in [0.2, 0.25) is 10.0 Å². The van der Waals surface area contributed by atoms with E-state index >= 15 is 0 Å². The van der Waals surface area contributed by atoms with Crippen molar-refractivity contribution in [1.29, 1.82) is 0 Å². The molecular formula is C19H25NO4S. The second kappa shape index (κ2) is 8.99. The molecule has 0 heterocycles. The molecule has 0 amide bonds. The summed E-state index contributed by atoms with van der Waals surface area (Å²) in [5.41, 5.74) is 0.684. The van der Waals surface area contributed by atoms with Gasteiger partial charge in [0.15, 0.2) is 0 Å². The van der Waals surface area contributed by atoms with Crippen molar-refractivity contribution in [2.45, 2.75) is 30.8 Å². The second-order valence-corrected chi connectivity index (χ2v) is 7.93. The first-order valence-corrected chi connectivity index (χ1v) is 9.81. The average molecular weight is 363 g/mol. The highest BCUT2D eigenvalue weighted by atomic mass is 32.2. The fraction of sp³-hybridized carbons (Fsp3) is 0.368. The number of hydrogen-bond donors (Lipinski definition) is 1. The first kappa shape index (κ1) is 19.4. The lowest BCUT2D eigenvalue weighted by Crippen LogP contribution is -2.31. The van der Waals surface area contributed by atoms with Gasteiger partial charge >= 0.3 is 0 Å². The number of aliphatic hydroxyl groups excluding tert-OH is 1. The summed E-state index contributed by atoms with van der Waals surface area (Å²) in [6.45, 7) is 2.69. The molecule has 0 aromatic heterocycles. The zero-order chi connectivity index (χ0) is 18.3. The van der Waals surface area contributed by atoms with Crippen LogP contribution in [0.4, 0.5) is 0 Å². The molecule has 0 saturated heterocycles. The number of rotatable bonds is 9. The molecule has 6 heteroatoms. The SMILES string of the molecule is CCCCOc1ccc(S(=O)(=O)N(C)CC(O)c2ccccc2)cc1. The van der Waals surface area contributed by atoms with E-state index in [-0.39, 0.29) is 11.4 Å². The maximum absolute atomic E-state index is 12.6. The molecule has 136 valence electrons. The maximum atomic E-state index is 12.6. The van der Waals surface area contributed by atoms with Crippen LogP contribution in [0.2, 0.25) is 0 Å². The molecule has 0 spiro atoms. The average Bonchev–Trinajstić information content (AvgIpc) is 2.63. The summed E-state index contributed by atoms with van der Waals surface area (Å²) in [4.78, 5) is 0.179. The molecule has 0 aliphatic rings. The Morgan fingerprint density at radius 2 is 1.72 bits per heavy atom. The molecule has 2 aromatic carbocycles. The third-order valence-electron chi connectivity index (χ3n) is 3.91. The fourth-order valence-corrected chi connectivity index (χ4v) is 3.52. The molecule has 0 saturated carbocycles. The van der Waals surface area contributed by atoms with Crippen LogP contribution in [0, 0.1) is 0 Å². The van der Waals surface area contributed by atoms with Gasteiger partial charge in [-0.1, -0.05) is 43.7 Å². The highest BCUT2D eigenvalue weighted by Crippen LogP contribution is 2.21. The van der Waals surface area contributed by atoms with Gasteiger partial charge in [0.05, 0.1) is 17.6 Å². The van der Waals surface area contributed by atoms with E-state index in [0.29, 0.717) is 17.9 Å². The summed E-state index contributed by atoms with van der Waals surface area (Å²) in [6, 6.07) is 15.4. The molecule has 0 bridgehead atoms. The van der Waals surface area contributed by atoms with Crippen LogP contribution in [0.1, 0.15) is 31.4 Å². The molecule has 2 aromatic rings. The summed E-state index contributed by atoms with van der Waals surface area (Å²) < 4.78 is 32.0. The van der Waals surface area contributed by atoms with Crippen LogP contribution in [0.5, 0.6) is 5.75 Å². The Hall–Kier alpha value is -1.89. The molecule has 0 aliphatic carbocycles. The fourth-order valence-electron chi connectivity index (χ4n) is 2.34. The van der Waals surface area contributed by atoms with Gasteiger partial charge in [0.1, 0.15) is 5.75 Å². The Morgan fingerprint density at radius 3 is 2.32 bits per heavy atom. The van der Waals surface area contributed by atoms with Crippen LogP contribution >= 0.6 is 0 Å². The Labute approximate surface area is 149 Å². The van der Waals surface area contributed by atoms with Crippen molar-refractivity contribution < 1.29 is 18.3 Å². The molecule has 25 heavy (non-hydrogen) atoms. The Kier molecular flexibility index (Phi) is 6.99. The van der Waals surface area contributed by atoms with Gasteiger partial charge in [-0.3, -0.25) is 0 Å². The first-order chi connectivity index (χ1) is 11.9. The number of ether oxygens (including phenoxy) is 1. The monoisotopic (exact) mass is 363 g/mol. The summed E-state index contributed by atoms with van der Waals surface area (Å²) in [6.07, 6.45) is 1.12. The van der Waals surface area contributed by atoms with E-state index in [0.717, 1.165) is 17.1 Å². The number of nitrogens with zero attached hydrogens (tertiary/aromatic N) is 1. The summed E-state index contributed by atoms with van der Waals surface area (Å²) in [5.74, 6) is 0.652. The van der Waals surface area contributed by atoms with Crippen molar-refractivity contribution in [2.75, 3.05) is 20.2 Å². The maximum Gasteiger partial charge on any atom is 0.242 e. The smallest absolute Gasteiger partial charge is 0.242 e. The van der Waals surface area contributed by atoms with Crippen LogP contribution in [-0.4, -0.2) is 38.0 Å². The standard InChI is InChI=1S/C19H25NO4S/c1-3-4-14-24-17-10-12-18(13-11-17)25(22,23)20(2)15-19(21)16-8-6-5-7-9-16/h5-13,19,21H,3-4,14-15H2,1-2H3. The van der Waals surface area contributed by atoms with E-state index in [4.69, 9.17) is 4.74 Å². The van der Waals surface area contributed by atoms with Gasteiger partial charge in [-0.15, -0.1) is 0 Å². The number of aliphatic hydroxyl groups is 1. The highest BCUT2D eigenvalue weighted by molar-refractivity contribution is 7.89. The Morgan fingerprint density at radius 1 is 1.08 bits per heavy atom. The van der Waals surface area contributed by atoms with Crippen molar-refractivity contribution in [1.82, 2.24) is 4.31 Å². The topological polar surface area (TPSA) is 66.8 Å². The zero-order valence-corrected chi connectivity index (χ0v) is 15.4. The molecule has 1 N–H and O–H groups in total. The minimum atomic E-state index is -3.67. The normalized spacial score (nSPS) is 13.0. The Bertz CT molecular complexity index is 745. The van der Waals surface area contributed by atoms with Crippen molar-refractivity contribution >= 4 is 10.0 Å². The molecule has 1 unspecified atom stereocenters. The van der Waals surface area contributed by atoms with E-state index in [1.165, 1.54) is 19.2 Å². The molecule has 0 fully saturated rings. The van der Waals surface area contributed by atoms with Crippen molar-refractivity contribution in [3.63, 3.8) is 0 Å². The van der Waals surface area contributed by atoms with Crippen molar-refractivity contribution in [3.05, 3.63) is 60.2 Å². The van der Waals surface area contributed by atoms with Gasteiger partial charge in [-0.25, -0.2) is 8.42 Å². The van der Waals surface area contributed by atoms with Gasteiger partial charge in [0, 0.05) is 13.6 Å². The quantitative estimate of drug-likeness (QED) is 0.695.